The smallest absolute Gasteiger partial charge is 0.163 e. The van der Waals surface area contributed by atoms with Crippen LogP contribution in [0.25, 0.3) is 0 Å². The average Bonchev–Trinajstić information content (AvgIpc) is 2.62. The molecule has 0 N–H and O–H groups in total. The van der Waals surface area contributed by atoms with Crippen LogP contribution in [-0.4, -0.2) is 0 Å². The minimum atomic E-state index is -2.67. The monoisotopic (exact) mass is 310 g/mol. The highest BCUT2D eigenvalue weighted by atomic mass is 31.2. The second kappa shape index (κ2) is 7.11. The van der Waals surface area contributed by atoms with E-state index in [1.54, 1.807) is 0 Å². The Labute approximate surface area is 133 Å². The highest BCUT2D eigenvalue weighted by Gasteiger charge is 2.24. The van der Waals surface area contributed by atoms with E-state index in [4.69, 9.17) is 0 Å². The fourth-order valence-corrected chi connectivity index (χ4v) is 5.55. The molecule has 0 amide bonds. The summed E-state index contributed by atoms with van der Waals surface area (Å²) >= 11 is 0. The second-order valence-electron chi connectivity index (χ2n) is 6.07. The van der Waals surface area contributed by atoms with Gasteiger partial charge in [-0.25, -0.2) is 0 Å². The Morgan fingerprint density at radius 1 is 0.773 bits per heavy atom. The maximum atomic E-state index is 13.8. The van der Waals surface area contributed by atoms with Gasteiger partial charge in [-0.3, -0.25) is 0 Å². The standard InChI is InChI=1S/C20H23OP/c21-22(19-12-6-2-7-13-19,20-14-8-3-9-15-20)17-16-18-10-4-1-5-11-18/h2-3,6-9,12-18H,1,4-5,10-11H2/b17-16+. The van der Waals surface area contributed by atoms with Crippen molar-refractivity contribution in [1.82, 2.24) is 0 Å². The summed E-state index contributed by atoms with van der Waals surface area (Å²) in [4.78, 5) is 0. The van der Waals surface area contributed by atoms with Gasteiger partial charge in [-0.15, -0.1) is 0 Å². The van der Waals surface area contributed by atoms with Crippen molar-refractivity contribution in [2.75, 3.05) is 0 Å². The van der Waals surface area contributed by atoms with Crippen LogP contribution in [0.5, 0.6) is 0 Å². The topological polar surface area (TPSA) is 17.1 Å². The molecular weight excluding hydrogens is 287 g/mol. The van der Waals surface area contributed by atoms with E-state index in [0.29, 0.717) is 5.92 Å². The molecule has 1 nitrogen and oxygen atoms in total. The van der Waals surface area contributed by atoms with Gasteiger partial charge >= 0.3 is 0 Å². The fraction of sp³-hybridized carbons (Fsp3) is 0.300. The molecule has 0 unspecified atom stereocenters. The first-order chi connectivity index (χ1) is 10.8. The summed E-state index contributed by atoms with van der Waals surface area (Å²) in [6.45, 7) is 0. The lowest BCUT2D eigenvalue weighted by molar-refractivity contribution is 0.419. The molecular formula is C20H23OP. The summed E-state index contributed by atoms with van der Waals surface area (Å²) in [5.41, 5.74) is 0. The van der Waals surface area contributed by atoms with E-state index in [0.717, 1.165) is 10.6 Å². The zero-order chi connectivity index (χ0) is 15.3. The summed E-state index contributed by atoms with van der Waals surface area (Å²) in [7, 11) is -2.67. The van der Waals surface area contributed by atoms with Gasteiger partial charge in [0.1, 0.15) is 0 Å². The molecule has 1 fully saturated rings. The molecule has 2 aromatic rings. The lowest BCUT2D eigenvalue weighted by atomic mass is 9.90. The molecule has 22 heavy (non-hydrogen) atoms. The van der Waals surface area contributed by atoms with Crippen molar-refractivity contribution in [3.05, 3.63) is 72.6 Å². The molecule has 114 valence electrons. The van der Waals surface area contributed by atoms with E-state index in [9.17, 15) is 4.57 Å². The Bertz CT molecular complexity index is 611. The molecule has 0 aromatic heterocycles. The van der Waals surface area contributed by atoms with Crippen LogP contribution in [0, 0.1) is 5.92 Å². The molecule has 0 atom stereocenters. The molecule has 0 spiro atoms. The van der Waals surface area contributed by atoms with Gasteiger partial charge < -0.3 is 4.57 Å². The van der Waals surface area contributed by atoms with Gasteiger partial charge in [0.05, 0.1) is 0 Å². The highest BCUT2D eigenvalue weighted by Crippen LogP contribution is 2.45. The SMILES string of the molecule is O=P(/C=C/C1CCCCC1)(c1ccccc1)c1ccccc1. The zero-order valence-electron chi connectivity index (χ0n) is 12.9. The molecule has 1 aliphatic carbocycles. The summed E-state index contributed by atoms with van der Waals surface area (Å²) in [6, 6.07) is 19.8. The molecule has 2 aromatic carbocycles. The van der Waals surface area contributed by atoms with Crippen molar-refractivity contribution in [2.24, 2.45) is 5.92 Å². The maximum Gasteiger partial charge on any atom is 0.163 e. The molecule has 0 heterocycles. The van der Waals surface area contributed by atoms with Crippen LogP contribution in [0.4, 0.5) is 0 Å². The Hall–Kier alpha value is -1.59. The van der Waals surface area contributed by atoms with Crippen LogP contribution in [0.2, 0.25) is 0 Å². The van der Waals surface area contributed by atoms with Crippen LogP contribution >= 0.6 is 7.14 Å². The van der Waals surface area contributed by atoms with Crippen molar-refractivity contribution in [2.45, 2.75) is 32.1 Å². The highest BCUT2D eigenvalue weighted by molar-refractivity contribution is 7.81. The summed E-state index contributed by atoms with van der Waals surface area (Å²) < 4.78 is 13.8. The van der Waals surface area contributed by atoms with Gasteiger partial charge in [-0.2, -0.15) is 0 Å². The minimum Gasteiger partial charge on any atom is -0.309 e. The van der Waals surface area contributed by atoms with E-state index in [1.165, 1.54) is 32.1 Å². The summed E-state index contributed by atoms with van der Waals surface area (Å²) in [5.74, 6) is 2.60. The molecule has 1 saturated carbocycles. The zero-order valence-corrected chi connectivity index (χ0v) is 13.8. The van der Waals surface area contributed by atoms with Crippen molar-refractivity contribution >= 4 is 17.8 Å². The molecule has 3 rings (SSSR count). The third-order valence-corrected chi connectivity index (χ3v) is 7.22. The van der Waals surface area contributed by atoms with Crippen molar-refractivity contribution in [3.8, 4) is 0 Å². The van der Waals surface area contributed by atoms with E-state index >= 15 is 0 Å². The Morgan fingerprint density at radius 3 is 1.77 bits per heavy atom. The van der Waals surface area contributed by atoms with Crippen LogP contribution in [0.1, 0.15) is 32.1 Å². The van der Waals surface area contributed by atoms with Crippen LogP contribution in [0.15, 0.2) is 72.6 Å². The number of allylic oxidation sites excluding steroid dienone is 1. The van der Waals surface area contributed by atoms with Gasteiger partial charge in [0, 0.05) is 10.6 Å². The third-order valence-electron chi connectivity index (χ3n) is 4.50. The molecule has 0 radical (unpaired) electrons. The minimum absolute atomic E-state index is 0.592. The van der Waals surface area contributed by atoms with Crippen molar-refractivity contribution < 1.29 is 4.57 Å². The van der Waals surface area contributed by atoms with Gasteiger partial charge in [-0.05, 0) is 24.6 Å². The number of benzene rings is 2. The van der Waals surface area contributed by atoms with E-state index in [-0.39, 0.29) is 0 Å². The molecule has 0 aliphatic heterocycles. The normalized spacial score (nSPS) is 16.9. The number of hydrogen-bond acceptors (Lipinski definition) is 1. The Balaban J connectivity index is 1.96. The first-order valence-corrected chi connectivity index (χ1v) is 9.97. The van der Waals surface area contributed by atoms with E-state index < -0.39 is 7.14 Å². The van der Waals surface area contributed by atoms with Crippen LogP contribution < -0.4 is 10.6 Å². The van der Waals surface area contributed by atoms with E-state index in [2.05, 4.69) is 6.08 Å². The summed E-state index contributed by atoms with van der Waals surface area (Å²) in [6.07, 6.45) is 8.64. The van der Waals surface area contributed by atoms with Crippen molar-refractivity contribution in [3.63, 3.8) is 0 Å². The summed E-state index contributed by atoms with van der Waals surface area (Å²) in [5, 5.41) is 1.85. The van der Waals surface area contributed by atoms with Gasteiger partial charge in [0.2, 0.25) is 0 Å². The second-order valence-corrected chi connectivity index (χ2v) is 8.72. The van der Waals surface area contributed by atoms with Gasteiger partial charge in [-0.1, -0.05) is 86.0 Å². The molecule has 2 heteroatoms. The lowest BCUT2D eigenvalue weighted by Gasteiger charge is -2.20. The van der Waals surface area contributed by atoms with Crippen LogP contribution in [0.3, 0.4) is 0 Å². The van der Waals surface area contributed by atoms with Crippen molar-refractivity contribution in [1.29, 1.82) is 0 Å². The maximum absolute atomic E-state index is 13.8. The predicted molar refractivity (Wildman–Crippen MR) is 95.5 cm³/mol. The largest absolute Gasteiger partial charge is 0.309 e. The van der Waals surface area contributed by atoms with Crippen LogP contribution in [-0.2, 0) is 4.57 Å². The third kappa shape index (κ3) is 3.42. The number of rotatable bonds is 4. The quantitative estimate of drug-likeness (QED) is 0.718. The Kier molecular flexibility index (Phi) is 4.95. The fourth-order valence-electron chi connectivity index (χ4n) is 3.19. The van der Waals surface area contributed by atoms with E-state index in [1.807, 2.05) is 66.5 Å². The average molecular weight is 310 g/mol. The molecule has 0 saturated heterocycles. The number of hydrogen-bond donors (Lipinski definition) is 0. The molecule has 0 bridgehead atoms. The first kappa shape index (κ1) is 15.3. The predicted octanol–water partition coefficient (Wildman–Crippen LogP) is 5.09. The molecule has 1 aliphatic rings. The Morgan fingerprint density at radius 2 is 1.27 bits per heavy atom. The lowest BCUT2D eigenvalue weighted by Crippen LogP contribution is -2.14. The first-order valence-electron chi connectivity index (χ1n) is 8.19. The van der Waals surface area contributed by atoms with Gasteiger partial charge in [0.15, 0.2) is 7.14 Å². The van der Waals surface area contributed by atoms with Gasteiger partial charge in [0.25, 0.3) is 0 Å².